The second-order valence-electron chi connectivity index (χ2n) is 6.79. The molecule has 0 aromatic heterocycles. The van der Waals surface area contributed by atoms with E-state index in [1.54, 1.807) is 42.5 Å². The van der Waals surface area contributed by atoms with Crippen LogP contribution in [0.25, 0.3) is 0 Å². The van der Waals surface area contributed by atoms with Gasteiger partial charge in [-0.3, -0.25) is 0 Å². The number of phenols is 1. The molecule has 166 valence electrons. The third kappa shape index (κ3) is 6.59. The number of nitrogens with one attached hydrogen (secondary N) is 1. The van der Waals surface area contributed by atoms with Crippen molar-refractivity contribution < 1.29 is 18.6 Å². The van der Waals surface area contributed by atoms with E-state index in [2.05, 4.69) is 5.32 Å². The standard InChI is InChI=1S/C22H21Cl2NO4S.ClH/c23-17-3-1-2-16(12-17)22(27)14-25-11-10-15-4-6-18(7-5-15)30(28,29)19-8-9-21(26)20(24)13-19;/h1-9,12-13,22,25-27H,10-11,14H2;1H/t22-;/m1./s1. The maximum atomic E-state index is 12.7. The summed E-state index contributed by atoms with van der Waals surface area (Å²) in [7, 11) is -3.72. The second kappa shape index (κ2) is 11.2. The fourth-order valence-corrected chi connectivity index (χ4v) is 4.66. The molecule has 3 N–H and O–H groups in total. The molecule has 0 aliphatic heterocycles. The molecule has 0 fully saturated rings. The summed E-state index contributed by atoms with van der Waals surface area (Å²) < 4.78 is 25.4. The molecule has 0 saturated carbocycles. The fraction of sp³-hybridized carbons (Fsp3) is 0.182. The van der Waals surface area contributed by atoms with E-state index in [0.29, 0.717) is 24.5 Å². The van der Waals surface area contributed by atoms with Crippen LogP contribution in [0.15, 0.2) is 76.5 Å². The molecule has 0 amide bonds. The quantitative estimate of drug-likeness (QED) is 0.385. The van der Waals surface area contributed by atoms with Gasteiger partial charge in [0.1, 0.15) is 5.75 Å². The highest BCUT2D eigenvalue weighted by Crippen LogP contribution is 2.29. The highest BCUT2D eigenvalue weighted by molar-refractivity contribution is 7.91. The van der Waals surface area contributed by atoms with E-state index in [1.165, 1.54) is 18.2 Å². The normalized spacial score (nSPS) is 12.2. The first-order chi connectivity index (χ1) is 14.3. The maximum Gasteiger partial charge on any atom is 0.206 e. The van der Waals surface area contributed by atoms with Gasteiger partial charge in [-0.2, -0.15) is 0 Å². The Labute approximate surface area is 198 Å². The summed E-state index contributed by atoms with van der Waals surface area (Å²) in [6.07, 6.45) is 0.0153. The van der Waals surface area contributed by atoms with Crippen molar-refractivity contribution in [1.29, 1.82) is 0 Å². The molecule has 0 radical (unpaired) electrons. The molecule has 0 spiro atoms. The first-order valence-electron chi connectivity index (χ1n) is 9.24. The molecule has 3 rings (SSSR count). The summed E-state index contributed by atoms with van der Waals surface area (Å²) in [4.78, 5) is 0.173. The number of aliphatic hydroxyl groups is 1. The summed E-state index contributed by atoms with van der Waals surface area (Å²) in [6, 6.07) is 17.5. The Morgan fingerprint density at radius 1 is 0.935 bits per heavy atom. The summed E-state index contributed by atoms with van der Waals surface area (Å²) in [5.41, 5.74) is 1.71. The van der Waals surface area contributed by atoms with Crippen LogP contribution < -0.4 is 5.32 Å². The van der Waals surface area contributed by atoms with E-state index in [0.717, 1.165) is 11.1 Å². The zero-order valence-electron chi connectivity index (χ0n) is 16.3. The first-order valence-corrected chi connectivity index (χ1v) is 11.5. The Hall–Kier alpha value is -1.80. The van der Waals surface area contributed by atoms with E-state index in [9.17, 15) is 18.6 Å². The van der Waals surface area contributed by atoms with Gasteiger partial charge in [-0.15, -0.1) is 12.4 Å². The van der Waals surface area contributed by atoms with E-state index < -0.39 is 15.9 Å². The molecule has 3 aromatic carbocycles. The largest absolute Gasteiger partial charge is 0.506 e. The third-order valence-electron chi connectivity index (χ3n) is 4.62. The minimum absolute atomic E-state index is 0. The number of benzene rings is 3. The summed E-state index contributed by atoms with van der Waals surface area (Å²) in [5, 5.41) is 23.4. The van der Waals surface area contributed by atoms with Crippen LogP contribution in [0.5, 0.6) is 5.75 Å². The molecule has 0 aliphatic rings. The van der Waals surface area contributed by atoms with Crippen LogP contribution in [0.4, 0.5) is 0 Å². The number of rotatable bonds is 8. The zero-order chi connectivity index (χ0) is 21.7. The zero-order valence-corrected chi connectivity index (χ0v) is 19.5. The van der Waals surface area contributed by atoms with E-state index >= 15 is 0 Å². The van der Waals surface area contributed by atoms with E-state index in [1.807, 2.05) is 6.07 Å². The highest BCUT2D eigenvalue weighted by Gasteiger charge is 2.18. The van der Waals surface area contributed by atoms with Crippen molar-refractivity contribution in [2.45, 2.75) is 22.3 Å². The number of halogens is 3. The van der Waals surface area contributed by atoms with Crippen molar-refractivity contribution in [3.63, 3.8) is 0 Å². The first kappa shape index (κ1) is 25.5. The monoisotopic (exact) mass is 501 g/mol. The number of phenolic OH excluding ortho intramolecular Hbond substituents is 1. The predicted molar refractivity (Wildman–Crippen MR) is 125 cm³/mol. The smallest absolute Gasteiger partial charge is 0.206 e. The van der Waals surface area contributed by atoms with Crippen molar-refractivity contribution in [2.24, 2.45) is 0 Å². The predicted octanol–water partition coefficient (Wildman–Crippen LogP) is 4.82. The second-order valence-corrected chi connectivity index (χ2v) is 9.58. The lowest BCUT2D eigenvalue weighted by atomic mass is 10.1. The SMILES string of the molecule is Cl.O=S(=O)(c1ccc(CCNC[C@@H](O)c2cccc(Cl)c2)cc1)c1ccc(O)c(Cl)c1. The number of sulfone groups is 1. The van der Waals surface area contributed by atoms with Gasteiger partial charge in [0.05, 0.1) is 20.9 Å². The molecule has 0 heterocycles. The van der Waals surface area contributed by atoms with Crippen molar-refractivity contribution >= 4 is 45.4 Å². The lowest BCUT2D eigenvalue weighted by Gasteiger charge is -2.13. The van der Waals surface area contributed by atoms with Crippen LogP contribution in [0.3, 0.4) is 0 Å². The molecule has 1 atom stereocenters. The van der Waals surface area contributed by atoms with Gasteiger partial charge >= 0.3 is 0 Å². The number of hydrogen-bond acceptors (Lipinski definition) is 5. The molecular weight excluding hydrogens is 481 g/mol. The van der Waals surface area contributed by atoms with Crippen molar-refractivity contribution in [3.05, 3.63) is 87.9 Å². The van der Waals surface area contributed by atoms with Gasteiger partial charge in [-0.25, -0.2) is 8.42 Å². The molecule has 5 nitrogen and oxygen atoms in total. The van der Waals surface area contributed by atoms with Gasteiger partial charge < -0.3 is 15.5 Å². The minimum atomic E-state index is -3.72. The van der Waals surface area contributed by atoms with Crippen LogP contribution in [-0.2, 0) is 16.3 Å². The van der Waals surface area contributed by atoms with Crippen LogP contribution in [0.2, 0.25) is 10.0 Å². The minimum Gasteiger partial charge on any atom is -0.506 e. The molecule has 0 aliphatic carbocycles. The van der Waals surface area contributed by atoms with Crippen LogP contribution in [-0.4, -0.2) is 31.7 Å². The molecular formula is C22H22Cl3NO4S. The lowest BCUT2D eigenvalue weighted by Crippen LogP contribution is -2.23. The number of aromatic hydroxyl groups is 1. The lowest BCUT2D eigenvalue weighted by molar-refractivity contribution is 0.175. The molecule has 0 saturated heterocycles. The van der Waals surface area contributed by atoms with Gasteiger partial charge in [0, 0.05) is 11.6 Å². The third-order valence-corrected chi connectivity index (χ3v) is 6.93. The van der Waals surface area contributed by atoms with Crippen LogP contribution in [0.1, 0.15) is 17.2 Å². The number of aliphatic hydroxyl groups excluding tert-OH is 1. The van der Waals surface area contributed by atoms with E-state index in [-0.39, 0.29) is 33.0 Å². The molecule has 3 aromatic rings. The van der Waals surface area contributed by atoms with Gasteiger partial charge in [-0.05, 0) is 66.6 Å². The van der Waals surface area contributed by atoms with Crippen LogP contribution in [0, 0.1) is 0 Å². The topological polar surface area (TPSA) is 86.6 Å². The highest BCUT2D eigenvalue weighted by atomic mass is 35.5. The average Bonchev–Trinajstić information content (AvgIpc) is 2.73. The summed E-state index contributed by atoms with van der Waals surface area (Å²) >= 11 is 11.8. The van der Waals surface area contributed by atoms with Gasteiger partial charge in [0.15, 0.2) is 0 Å². The molecule has 0 bridgehead atoms. The van der Waals surface area contributed by atoms with Crippen molar-refractivity contribution in [1.82, 2.24) is 5.32 Å². The van der Waals surface area contributed by atoms with Gasteiger partial charge in [0.25, 0.3) is 0 Å². The Balaban J connectivity index is 0.00000341. The summed E-state index contributed by atoms with van der Waals surface area (Å²) in [6.45, 7) is 1.01. The number of hydrogen-bond donors (Lipinski definition) is 3. The Morgan fingerprint density at radius 3 is 2.26 bits per heavy atom. The average molecular weight is 503 g/mol. The Morgan fingerprint density at radius 2 is 1.61 bits per heavy atom. The van der Waals surface area contributed by atoms with E-state index in [4.69, 9.17) is 23.2 Å². The Bertz CT molecular complexity index is 1120. The fourth-order valence-electron chi connectivity index (χ4n) is 2.93. The van der Waals surface area contributed by atoms with Crippen molar-refractivity contribution in [3.8, 4) is 5.75 Å². The van der Waals surface area contributed by atoms with Crippen molar-refractivity contribution in [2.75, 3.05) is 13.1 Å². The van der Waals surface area contributed by atoms with Crippen LogP contribution >= 0.6 is 35.6 Å². The summed E-state index contributed by atoms with van der Waals surface area (Å²) in [5.74, 6) is -0.168. The van der Waals surface area contributed by atoms with Gasteiger partial charge in [-0.1, -0.05) is 47.5 Å². The van der Waals surface area contributed by atoms with Gasteiger partial charge in [0.2, 0.25) is 9.84 Å². The molecule has 9 heteroatoms. The molecule has 0 unspecified atom stereocenters. The Kier molecular flexibility index (Phi) is 9.18. The maximum absolute atomic E-state index is 12.7. The molecule has 31 heavy (non-hydrogen) atoms.